The number of aromatic nitrogens is 2. The second kappa shape index (κ2) is 6.46. The Labute approximate surface area is 110 Å². The molecular formula is C11H17N3O3S. The van der Waals surface area contributed by atoms with Gasteiger partial charge in [0.25, 0.3) is 5.56 Å². The van der Waals surface area contributed by atoms with Crippen LogP contribution in [0.15, 0.2) is 11.0 Å². The average molecular weight is 271 g/mol. The molecule has 6 nitrogen and oxygen atoms in total. The maximum Gasteiger partial charge on any atom is 0.342 e. The summed E-state index contributed by atoms with van der Waals surface area (Å²) in [5, 5.41) is 8.87. The van der Waals surface area contributed by atoms with Gasteiger partial charge in [0.2, 0.25) is 0 Å². The zero-order valence-electron chi connectivity index (χ0n) is 10.5. The molecule has 1 aromatic rings. The van der Waals surface area contributed by atoms with E-state index in [9.17, 15) is 9.59 Å². The molecule has 0 atom stereocenters. The van der Waals surface area contributed by atoms with Crippen LogP contribution in [0.5, 0.6) is 0 Å². The molecule has 0 aliphatic rings. The Hall–Kier alpha value is -1.47. The Morgan fingerprint density at radius 3 is 2.61 bits per heavy atom. The molecule has 0 aromatic carbocycles. The molecule has 2 N–H and O–H groups in total. The number of carbonyl (C=O) groups is 1. The van der Waals surface area contributed by atoms with Gasteiger partial charge >= 0.3 is 5.97 Å². The number of hydrogen-bond donors (Lipinski definition) is 2. The zero-order chi connectivity index (χ0) is 13.7. The lowest BCUT2D eigenvalue weighted by atomic mass is 10.3. The summed E-state index contributed by atoms with van der Waals surface area (Å²) < 4.78 is 1.54. The molecule has 1 heterocycles. The quantitative estimate of drug-likeness (QED) is 0.753. The standard InChI is InChI=1S/C11H17N3O3S/c1-3-13(4-2)5-6-14-9(15)8(10(16)17)7-12-11(14)18/h7H,3-6H2,1-2H3,(H,12,18)(H,16,17). The molecule has 0 radical (unpaired) electrons. The van der Waals surface area contributed by atoms with Gasteiger partial charge in [0.15, 0.2) is 4.77 Å². The van der Waals surface area contributed by atoms with Gasteiger partial charge < -0.3 is 15.0 Å². The van der Waals surface area contributed by atoms with Gasteiger partial charge in [-0.1, -0.05) is 13.8 Å². The number of carboxylic acids is 1. The van der Waals surface area contributed by atoms with Gasteiger partial charge in [0.05, 0.1) is 0 Å². The van der Waals surface area contributed by atoms with E-state index in [4.69, 9.17) is 17.3 Å². The lowest BCUT2D eigenvalue weighted by Crippen LogP contribution is -2.33. The fourth-order valence-electron chi connectivity index (χ4n) is 1.65. The Morgan fingerprint density at radius 1 is 1.50 bits per heavy atom. The third-order valence-electron chi connectivity index (χ3n) is 2.83. The summed E-state index contributed by atoms with van der Waals surface area (Å²) in [6.45, 7) is 6.85. The predicted octanol–water partition coefficient (Wildman–Crippen LogP) is 0.946. The summed E-state index contributed by atoms with van der Waals surface area (Å²) in [5.74, 6) is -1.25. The van der Waals surface area contributed by atoms with Crippen molar-refractivity contribution >= 4 is 18.2 Å². The Balaban J connectivity index is 3.02. The first-order chi connectivity index (χ1) is 8.51. The maximum atomic E-state index is 11.9. The van der Waals surface area contributed by atoms with Crippen LogP contribution in [-0.4, -0.2) is 45.2 Å². The minimum Gasteiger partial charge on any atom is -0.477 e. The molecule has 1 rings (SSSR count). The highest BCUT2D eigenvalue weighted by Crippen LogP contribution is 1.94. The van der Waals surface area contributed by atoms with Crippen molar-refractivity contribution in [2.24, 2.45) is 0 Å². The average Bonchev–Trinajstić information content (AvgIpc) is 2.33. The van der Waals surface area contributed by atoms with E-state index in [1.54, 1.807) is 0 Å². The van der Waals surface area contributed by atoms with Crippen LogP contribution < -0.4 is 5.56 Å². The molecule has 0 amide bonds. The minimum atomic E-state index is -1.25. The number of hydrogen-bond acceptors (Lipinski definition) is 4. The number of aromatic carboxylic acids is 1. The fourth-order valence-corrected chi connectivity index (χ4v) is 1.88. The summed E-state index contributed by atoms with van der Waals surface area (Å²) in [4.78, 5) is 27.5. The van der Waals surface area contributed by atoms with Crippen LogP contribution in [-0.2, 0) is 6.54 Å². The Kier molecular flexibility index (Phi) is 5.24. The van der Waals surface area contributed by atoms with Gasteiger partial charge in [-0.05, 0) is 25.3 Å². The largest absolute Gasteiger partial charge is 0.477 e. The minimum absolute atomic E-state index is 0.247. The summed E-state index contributed by atoms with van der Waals surface area (Å²) in [7, 11) is 0. The predicted molar refractivity (Wildman–Crippen MR) is 70.6 cm³/mol. The van der Waals surface area contributed by atoms with Gasteiger partial charge in [-0.25, -0.2) is 4.79 Å². The van der Waals surface area contributed by atoms with Crippen molar-refractivity contribution in [1.82, 2.24) is 14.5 Å². The summed E-state index contributed by atoms with van der Waals surface area (Å²) in [6.07, 6.45) is 1.14. The van der Waals surface area contributed by atoms with E-state index in [2.05, 4.69) is 9.88 Å². The van der Waals surface area contributed by atoms with Crippen molar-refractivity contribution in [2.45, 2.75) is 20.4 Å². The number of nitrogens with one attached hydrogen (secondary N) is 1. The van der Waals surface area contributed by atoms with Crippen LogP contribution in [0.2, 0.25) is 0 Å². The molecule has 0 unspecified atom stereocenters. The number of likely N-dealkylation sites (N-methyl/N-ethyl adjacent to an activating group) is 1. The molecule has 0 saturated carbocycles. The Bertz CT molecular complexity index is 531. The van der Waals surface area contributed by atoms with E-state index in [-0.39, 0.29) is 10.3 Å². The van der Waals surface area contributed by atoms with Crippen LogP contribution in [0.4, 0.5) is 0 Å². The van der Waals surface area contributed by atoms with Gasteiger partial charge in [0, 0.05) is 19.3 Å². The van der Waals surface area contributed by atoms with Gasteiger partial charge in [-0.3, -0.25) is 9.36 Å². The van der Waals surface area contributed by atoms with Crippen LogP contribution in [0.1, 0.15) is 24.2 Å². The first kappa shape index (κ1) is 14.6. The Morgan fingerprint density at radius 2 is 2.11 bits per heavy atom. The van der Waals surface area contributed by atoms with E-state index in [0.717, 1.165) is 19.3 Å². The van der Waals surface area contributed by atoms with E-state index in [1.165, 1.54) is 4.57 Å². The third-order valence-corrected chi connectivity index (χ3v) is 3.16. The van der Waals surface area contributed by atoms with Crippen molar-refractivity contribution in [3.05, 3.63) is 26.9 Å². The number of nitrogens with zero attached hydrogens (tertiary/aromatic N) is 2. The normalized spacial score (nSPS) is 10.8. The molecule has 0 aliphatic carbocycles. The maximum absolute atomic E-state index is 11.9. The van der Waals surface area contributed by atoms with Crippen molar-refractivity contribution in [2.75, 3.05) is 19.6 Å². The third kappa shape index (κ3) is 3.27. The van der Waals surface area contributed by atoms with Crippen molar-refractivity contribution in [3.8, 4) is 0 Å². The smallest absolute Gasteiger partial charge is 0.342 e. The molecule has 0 bridgehead atoms. The number of H-pyrrole nitrogens is 1. The van der Waals surface area contributed by atoms with Crippen molar-refractivity contribution in [3.63, 3.8) is 0 Å². The molecule has 100 valence electrons. The molecule has 0 aliphatic heterocycles. The van der Waals surface area contributed by atoms with E-state index >= 15 is 0 Å². The molecule has 1 aromatic heterocycles. The monoisotopic (exact) mass is 271 g/mol. The number of carboxylic acid groups (broad SMARTS) is 1. The molecule has 0 fully saturated rings. The lowest BCUT2D eigenvalue weighted by Gasteiger charge is -2.18. The van der Waals surface area contributed by atoms with Crippen LogP contribution in [0, 0.1) is 4.77 Å². The second-order valence-corrected chi connectivity index (χ2v) is 4.18. The summed E-state index contributed by atoms with van der Waals surface area (Å²) >= 11 is 5.01. The van der Waals surface area contributed by atoms with E-state index in [0.29, 0.717) is 13.1 Å². The molecule has 0 saturated heterocycles. The van der Waals surface area contributed by atoms with Crippen LogP contribution in [0.3, 0.4) is 0 Å². The summed E-state index contributed by atoms with van der Waals surface area (Å²) in [6, 6.07) is 0. The fraction of sp³-hybridized carbons (Fsp3) is 0.545. The zero-order valence-corrected chi connectivity index (χ0v) is 11.3. The van der Waals surface area contributed by atoms with Gasteiger partial charge in [-0.15, -0.1) is 0 Å². The SMILES string of the molecule is CCN(CC)CCn1c(=S)[nH]cc(C(=O)O)c1=O. The van der Waals surface area contributed by atoms with Gasteiger partial charge in [-0.2, -0.15) is 0 Å². The van der Waals surface area contributed by atoms with Gasteiger partial charge in [0.1, 0.15) is 5.56 Å². The molecule has 7 heteroatoms. The topological polar surface area (TPSA) is 78.3 Å². The first-order valence-corrected chi connectivity index (χ1v) is 6.20. The van der Waals surface area contributed by atoms with Crippen molar-refractivity contribution < 1.29 is 9.90 Å². The summed E-state index contributed by atoms with van der Waals surface area (Å²) in [5.41, 5.74) is -0.846. The highest BCUT2D eigenvalue weighted by molar-refractivity contribution is 7.71. The second-order valence-electron chi connectivity index (χ2n) is 3.80. The lowest BCUT2D eigenvalue weighted by molar-refractivity contribution is 0.0693. The van der Waals surface area contributed by atoms with Crippen LogP contribution in [0.25, 0.3) is 0 Å². The van der Waals surface area contributed by atoms with E-state index < -0.39 is 11.5 Å². The highest BCUT2D eigenvalue weighted by Gasteiger charge is 2.12. The van der Waals surface area contributed by atoms with E-state index in [1.807, 2.05) is 13.8 Å². The molecule has 0 spiro atoms. The number of rotatable bonds is 6. The molecular weight excluding hydrogens is 254 g/mol. The molecule has 18 heavy (non-hydrogen) atoms. The van der Waals surface area contributed by atoms with Crippen molar-refractivity contribution in [1.29, 1.82) is 0 Å². The first-order valence-electron chi connectivity index (χ1n) is 5.79. The number of aromatic amines is 1. The van der Waals surface area contributed by atoms with Crippen LogP contribution >= 0.6 is 12.2 Å². The highest BCUT2D eigenvalue weighted by atomic mass is 32.1.